The number of aliphatic hydroxyl groups is 1. The van der Waals surface area contributed by atoms with Crippen LogP contribution in [0.5, 0.6) is 0 Å². The third kappa shape index (κ3) is 1.93. The van der Waals surface area contributed by atoms with Gasteiger partial charge in [0.1, 0.15) is 5.82 Å². The molecule has 0 spiro atoms. The minimum absolute atomic E-state index is 0.0799. The Morgan fingerprint density at radius 2 is 1.80 bits per heavy atom. The normalized spacial score (nSPS) is 26.9. The molecular weight excluding hydrogens is 188 g/mol. The molecule has 0 bridgehead atoms. The lowest BCUT2D eigenvalue weighted by atomic mass is 9.87. The average Bonchev–Trinajstić information content (AvgIpc) is 2.47. The van der Waals surface area contributed by atoms with Gasteiger partial charge in [0, 0.05) is 18.7 Å². The second-order valence-electron chi connectivity index (χ2n) is 4.71. The Morgan fingerprint density at radius 3 is 2.27 bits per heavy atom. The van der Waals surface area contributed by atoms with Crippen molar-refractivity contribution in [3.63, 3.8) is 0 Å². The van der Waals surface area contributed by atoms with E-state index < -0.39 is 0 Å². The van der Waals surface area contributed by atoms with E-state index >= 15 is 0 Å². The highest BCUT2D eigenvalue weighted by Crippen LogP contribution is 2.32. The van der Waals surface area contributed by atoms with Gasteiger partial charge in [0.15, 0.2) is 0 Å². The van der Waals surface area contributed by atoms with Crippen molar-refractivity contribution in [2.24, 2.45) is 7.05 Å². The number of nitrogens with zero attached hydrogens (tertiary/aromatic N) is 2. The molecule has 0 amide bonds. The first-order chi connectivity index (χ1) is 7.09. The van der Waals surface area contributed by atoms with E-state index in [1.165, 1.54) is 11.5 Å². The number of rotatable bonds is 1. The molecule has 15 heavy (non-hydrogen) atoms. The van der Waals surface area contributed by atoms with Crippen molar-refractivity contribution in [1.82, 2.24) is 9.55 Å². The Morgan fingerprint density at radius 1 is 1.20 bits per heavy atom. The van der Waals surface area contributed by atoms with Gasteiger partial charge in [-0.05, 0) is 39.5 Å². The lowest BCUT2D eigenvalue weighted by Crippen LogP contribution is -2.19. The second-order valence-corrected chi connectivity index (χ2v) is 4.71. The Hall–Kier alpha value is -0.830. The molecule has 1 aromatic heterocycles. The summed E-state index contributed by atoms with van der Waals surface area (Å²) in [6, 6.07) is 0. The molecule has 1 aliphatic carbocycles. The molecule has 1 fully saturated rings. The standard InChI is InChI=1S/C12H20N2O/c1-8-9(2)14(3)12(13-8)10-4-6-11(15)7-5-10/h10-11,15H,4-7H2,1-3H3. The average molecular weight is 208 g/mol. The first-order valence-corrected chi connectivity index (χ1v) is 5.77. The van der Waals surface area contributed by atoms with Crippen LogP contribution in [0.15, 0.2) is 0 Å². The number of hydrogen-bond acceptors (Lipinski definition) is 2. The fourth-order valence-electron chi connectivity index (χ4n) is 2.44. The molecule has 3 heteroatoms. The molecule has 84 valence electrons. The molecule has 1 aliphatic rings. The van der Waals surface area contributed by atoms with Gasteiger partial charge in [-0.2, -0.15) is 0 Å². The SMILES string of the molecule is Cc1nc(C2CCC(O)CC2)n(C)c1C. The number of imidazole rings is 1. The van der Waals surface area contributed by atoms with E-state index in [9.17, 15) is 5.11 Å². The molecule has 1 aromatic rings. The third-order valence-electron chi connectivity index (χ3n) is 3.71. The molecule has 0 atom stereocenters. The van der Waals surface area contributed by atoms with Gasteiger partial charge in [-0.3, -0.25) is 0 Å². The summed E-state index contributed by atoms with van der Waals surface area (Å²) in [5.74, 6) is 1.75. The van der Waals surface area contributed by atoms with E-state index in [0.29, 0.717) is 5.92 Å². The molecule has 0 radical (unpaired) electrons. The van der Waals surface area contributed by atoms with Crippen molar-refractivity contribution in [3.05, 3.63) is 17.2 Å². The van der Waals surface area contributed by atoms with Gasteiger partial charge < -0.3 is 9.67 Å². The van der Waals surface area contributed by atoms with E-state index in [0.717, 1.165) is 31.4 Å². The lowest BCUT2D eigenvalue weighted by molar-refractivity contribution is 0.121. The van der Waals surface area contributed by atoms with Gasteiger partial charge in [-0.1, -0.05) is 0 Å². The summed E-state index contributed by atoms with van der Waals surface area (Å²) in [7, 11) is 2.09. The van der Waals surface area contributed by atoms with Crippen molar-refractivity contribution in [2.45, 2.75) is 51.6 Å². The van der Waals surface area contributed by atoms with Crippen molar-refractivity contribution in [1.29, 1.82) is 0 Å². The Kier molecular flexibility index (Phi) is 2.83. The first-order valence-electron chi connectivity index (χ1n) is 5.77. The fourth-order valence-corrected chi connectivity index (χ4v) is 2.44. The highest BCUT2D eigenvalue weighted by molar-refractivity contribution is 5.16. The zero-order valence-electron chi connectivity index (χ0n) is 9.82. The largest absolute Gasteiger partial charge is 0.393 e. The molecule has 1 N–H and O–H groups in total. The minimum atomic E-state index is -0.0799. The van der Waals surface area contributed by atoms with Crippen LogP contribution in [0, 0.1) is 13.8 Å². The van der Waals surface area contributed by atoms with Crippen LogP contribution in [-0.2, 0) is 7.05 Å². The molecule has 1 heterocycles. The Bertz CT molecular complexity index is 349. The van der Waals surface area contributed by atoms with Crippen molar-refractivity contribution < 1.29 is 5.11 Å². The summed E-state index contributed by atoms with van der Waals surface area (Å²) < 4.78 is 2.21. The van der Waals surface area contributed by atoms with Crippen LogP contribution in [0.1, 0.15) is 48.8 Å². The van der Waals surface area contributed by atoms with Crippen LogP contribution in [0.4, 0.5) is 0 Å². The van der Waals surface area contributed by atoms with Crippen LogP contribution in [-0.4, -0.2) is 20.8 Å². The predicted molar refractivity (Wildman–Crippen MR) is 59.9 cm³/mol. The van der Waals surface area contributed by atoms with E-state index in [1.807, 2.05) is 0 Å². The van der Waals surface area contributed by atoms with Crippen LogP contribution in [0.2, 0.25) is 0 Å². The highest BCUT2D eigenvalue weighted by atomic mass is 16.3. The monoisotopic (exact) mass is 208 g/mol. The topological polar surface area (TPSA) is 38.1 Å². The van der Waals surface area contributed by atoms with Gasteiger partial charge in [-0.25, -0.2) is 4.98 Å². The molecule has 0 unspecified atom stereocenters. The predicted octanol–water partition coefficient (Wildman–Crippen LogP) is 2.06. The maximum atomic E-state index is 9.48. The number of hydrogen-bond donors (Lipinski definition) is 1. The van der Waals surface area contributed by atoms with E-state index in [2.05, 4.69) is 30.4 Å². The van der Waals surface area contributed by atoms with Gasteiger partial charge >= 0.3 is 0 Å². The summed E-state index contributed by atoms with van der Waals surface area (Å²) in [6.45, 7) is 4.18. The quantitative estimate of drug-likeness (QED) is 0.767. The van der Waals surface area contributed by atoms with Gasteiger partial charge in [0.2, 0.25) is 0 Å². The molecule has 3 nitrogen and oxygen atoms in total. The summed E-state index contributed by atoms with van der Waals surface area (Å²) in [4.78, 5) is 4.64. The van der Waals surface area contributed by atoms with Gasteiger partial charge in [0.05, 0.1) is 11.8 Å². The molecular formula is C12H20N2O. The molecule has 0 aliphatic heterocycles. The fraction of sp³-hybridized carbons (Fsp3) is 0.750. The number of aryl methyl sites for hydroxylation is 1. The van der Waals surface area contributed by atoms with Crippen molar-refractivity contribution >= 4 is 0 Å². The Labute approximate surface area is 91.1 Å². The van der Waals surface area contributed by atoms with Crippen LogP contribution in [0.3, 0.4) is 0 Å². The molecule has 2 rings (SSSR count). The van der Waals surface area contributed by atoms with E-state index in [4.69, 9.17) is 0 Å². The van der Waals surface area contributed by atoms with Crippen LogP contribution in [0.25, 0.3) is 0 Å². The number of aromatic nitrogens is 2. The first kappa shape index (κ1) is 10.7. The summed E-state index contributed by atoms with van der Waals surface area (Å²) in [5, 5.41) is 9.48. The Balaban J connectivity index is 2.19. The zero-order valence-corrected chi connectivity index (χ0v) is 9.82. The summed E-state index contributed by atoms with van der Waals surface area (Å²) >= 11 is 0. The minimum Gasteiger partial charge on any atom is -0.393 e. The number of aliphatic hydroxyl groups excluding tert-OH is 1. The van der Waals surface area contributed by atoms with E-state index in [1.54, 1.807) is 0 Å². The maximum absolute atomic E-state index is 9.48. The third-order valence-corrected chi connectivity index (χ3v) is 3.71. The van der Waals surface area contributed by atoms with Crippen LogP contribution < -0.4 is 0 Å². The van der Waals surface area contributed by atoms with Crippen molar-refractivity contribution in [2.75, 3.05) is 0 Å². The summed E-state index contributed by atoms with van der Waals surface area (Å²) in [6.07, 6.45) is 3.92. The lowest BCUT2D eigenvalue weighted by Gasteiger charge is -2.25. The van der Waals surface area contributed by atoms with Crippen LogP contribution >= 0.6 is 0 Å². The van der Waals surface area contributed by atoms with Crippen molar-refractivity contribution in [3.8, 4) is 0 Å². The van der Waals surface area contributed by atoms with Gasteiger partial charge in [-0.15, -0.1) is 0 Å². The highest BCUT2D eigenvalue weighted by Gasteiger charge is 2.24. The molecule has 1 saturated carbocycles. The smallest absolute Gasteiger partial charge is 0.112 e. The maximum Gasteiger partial charge on any atom is 0.112 e. The second kappa shape index (κ2) is 3.97. The molecule has 0 saturated heterocycles. The van der Waals surface area contributed by atoms with E-state index in [-0.39, 0.29) is 6.10 Å². The molecule has 0 aromatic carbocycles. The zero-order chi connectivity index (χ0) is 11.0. The summed E-state index contributed by atoms with van der Waals surface area (Å²) in [5.41, 5.74) is 2.40. The van der Waals surface area contributed by atoms with Gasteiger partial charge in [0.25, 0.3) is 0 Å².